The maximum absolute atomic E-state index is 12.0. The number of anilines is 1. The normalized spacial score (nSPS) is 10.3. The standard InChI is InChI=1S/C15H13ClN2O3S/c1-10-12(6-4-7-13(10)18(20)21)17-15(19)9-22-14-8-3-2-5-11(14)16/h2-8H,9H2,1H3,(H,17,19). The van der Waals surface area contributed by atoms with E-state index in [2.05, 4.69) is 5.32 Å². The van der Waals surface area contributed by atoms with Gasteiger partial charge in [0.1, 0.15) is 0 Å². The largest absolute Gasteiger partial charge is 0.325 e. The maximum Gasteiger partial charge on any atom is 0.274 e. The Hall–Kier alpha value is -2.05. The number of hydrogen-bond donors (Lipinski definition) is 1. The van der Waals surface area contributed by atoms with E-state index in [-0.39, 0.29) is 17.3 Å². The van der Waals surface area contributed by atoms with Gasteiger partial charge in [0.15, 0.2) is 0 Å². The Morgan fingerprint density at radius 1 is 1.27 bits per heavy atom. The molecule has 2 rings (SSSR count). The second-order valence-electron chi connectivity index (χ2n) is 4.47. The van der Waals surface area contributed by atoms with Crippen molar-refractivity contribution in [1.82, 2.24) is 0 Å². The lowest BCUT2D eigenvalue weighted by atomic mass is 10.1. The van der Waals surface area contributed by atoms with E-state index < -0.39 is 4.92 Å². The van der Waals surface area contributed by atoms with Gasteiger partial charge in [0.05, 0.1) is 26.9 Å². The van der Waals surface area contributed by atoms with Crippen LogP contribution in [0.15, 0.2) is 47.4 Å². The zero-order valence-electron chi connectivity index (χ0n) is 11.7. The Balaban J connectivity index is 2.02. The first-order valence-corrected chi connectivity index (χ1v) is 7.76. The molecule has 1 amide bonds. The molecule has 0 unspecified atom stereocenters. The molecule has 0 aliphatic heterocycles. The summed E-state index contributed by atoms with van der Waals surface area (Å²) in [6.45, 7) is 1.61. The third-order valence-electron chi connectivity index (χ3n) is 2.97. The minimum Gasteiger partial charge on any atom is -0.325 e. The number of rotatable bonds is 5. The molecule has 0 saturated heterocycles. The average Bonchev–Trinajstić information content (AvgIpc) is 2.48. The van der Waals surface area contributed by atoms with E-state index in [1.165, 1.54) is 17.8 Å². The van der Waals surface area contributed by atoms with Crippen molar-refractivity contribution in [2.75, 3.05) is 11.1 Å². The highest BCUT2D eigenvalue weighted by Crippen LogP contribution is 2.28. The fourth-order valence-corrected chi connectivity index (χ4v) is 2.89. The van der Waals surface area contributed by atoms with Crippen molar-refractivity contribution in [3.8, 4) is 0 Å². The Kier molecular flexibility index (Phi) is 5.41. The number of benzene rings is 2. The van der Waals surface area contributed by atoms with Crippen LogP contribution in [-0.2, 0) is 4.79 Å². The summed E-state index contributed by atoms with van der Waals surface area (Å²) >= 11 is 7.33. The van der Waals surface area contributed by atoms with E-state index in [0.29, 0.717) is 16.3 Å². The number of thioether (sulfide) groups is 1. The highest BCUT2D eigenvalue weighted by atomic mass is 35.5. The summed E-state index contributed by atoms with van der Waals surface area (Å²) in [6, 6.07) is 11.8. The highest BCUT2D eigenvalue weighted by Gasteiger charge is 2.15. The first-order chi connectivity index (χ1) is 10.5. The molecule has 2 aromatic carbocycles. The van der Waals surface area contributed by atoms with Gasteiger partial charge in [-0.25, -0.2) is 0 Å². The van der Waals surface area contributed by atoms with Gasteiger partial charge in [0.2, 0.25) is 5.91 Å². The smallest absolute Gasteiger partial charge is 0.274 e. The lowest BCUT2D eigenvalue weighted by molar-refractivity contribution is -0.385. The van der Waals surface area contributed by atoms with Crippen LogP contribution in [0.5, 0.6) is 0 Å². The molecule has 1 N–H and O–H groups in total. The molecule has 0 bridgehead atoms. The quantitative estimate of drug-likeness (QED) is 0.502. The number of nitro groups is 1. The van der Waals surface area contributed by atoms with Crippen molar-refractivity contribution in [3.05, 3.63) is 63.2 Å². The maximum atomic E-state index is 12.0. The Bertz CT molecular complexity index is 722. The van der Waals surface area contributed by atoms with Gasteiger partial charge in [-0.05, 0) is 25.1 Å². The van der Waals surface area contributed by atoms with Gasteiger partial charge in [-0.3, -0.25) is 14.9 Å². The molecule has 0 saturated carbocycles. The molecule has 0 aliphatic rings. The van der Waals surface area contributed by atoms with Crippen molar-refractivity contribution in [1.29, 1.82) is 0 Å². The predicted octanol–water partition coefficient (Wildman–Crippen LogP) is 4.29. The van der Waals surface area contributed by atoms with Crippen LogP contribution < -0.4 is 5.32 Å². The van der Waals surface area contributed by atoms with Gasteiger partial charge in [0, 0.05) is 11.0 Å². The third kappa shape index (κ3) is 3.99. The van der Waals surface area contributed by atoms with Crippen LogP contribution in [0.3, 0.4) is 0 Å². The molecule has 7 heteroatoms. The Labute approximate surface area is 136 Å². The summed E-state index contributed by atoms with van der Waals surface area (Å²) in [7, 11) is 0. The van der Waals surface area contributed by atoms with Crippen LogP contribution in [0.4, 0.5) is 11.4 Å². The van der Waals surface area contributed by atoms with Gasteiger partial charge in [-0.15, -0.1) is 11.8 Å². The lowest BCUT2D eigenvalue weighted by Crippen LogP contribution is -2.15. The number of carbonyl (C=O) groups excluding carboxylic acids is 1. The van der Waals surface area contributed by atoms with E-state index in [1.807, 2.05) is 18.2 Å². The van der Waals surface area contributed by atoms with Crippen molar-refractivity contribution in [3.63, 3.8) is 0 Å². The summed E-state index contributed by atoms with van der Waals surface area (Å²) in [5.41, 5.74) is 0.860. The zero-order chi connectivity index (χ0) is 16.1. The van der Waals surface area contributed by atoms with E-state index in [1.54, 1.807) is 25.1 Å². The topological polar surface area (TPSA) is 72.2 Å². The monoisotopic (exact) mass is 336 g/mol. The van der Waals surface area contributed by atoms with Crippen LogP contribution in [-0.4, -0.2) is 16.6 Å². The molecule has 0 aromatic heterocycles. The van der Waals surface area contributed by atoms with E-state index >= 15 is 0 Å². The van der Waals surface area contributed by atoms with Crippen molar-refractivity contribution < 1.29 is 9.72 Å². The van der Waals surface area contributed by atoms with E-state index in [0.717, 1.165) is 4.90 Å². The summed E-state index contributed by atoms with van der Waals surface area (Å²) in [5.74, 6) is -0.0696. The number of hydrogen-bond acceptors (Lipinski definition) is 4. The highest BCUT2D eigenvalue weighted by molar-refractivity contribution is 8.00. The fraction of sp³-hybridized carbons (Fsp3) is 0.133. The summed E-state index contributed by atoms with van der Waals surface area (Å²) in [4.78, 5) is 23.2. The van der Waals surface area contributed by atoms with Crippen LogP contribution >= 0.6 is 23.4 Å². The Morgan fingerprint density at radius 3 is 2.68 bits per heavy atom. The molecular formula is C15H13ClN2O3S. The molecule has 114 valence electrons. The van der Waals surface area contributed by atoms with Gasteiger partial charge in [-0.2, -0.15) is 0 Å². The van der Waals surface area contributed by atoms with E-state index in [9.17, 15) is 14.9 Å². The molecule has 0 fully saturated rings. The molecule has 0 spiro atoms. The molecule has 0 radical (unpaired) electrons. The summed E-state index contributed by atoms with van der Waals surface area (Å²) in [6.07, 6.45) is 0. The number of nitrogens with one attached hydrogen (secondary N) is 1. The predicted molar refractivity (Wildman–Crippen MR) is 88.6 cm³/mol. The van der Waals surface area contributed by atoms with Gasteiger partial charge >= 0.3 is 0 Å². The number of nitro benzene ring substituents is 1. The molecule has 5 nitrogen and oxygen atoms in total. The van der Waals surface area contributed by atoms with Crippen molar-refractivity contribution in [2.24, 2.45) is 0 Å². The second-order valence-corrected chi connectivity index (χ2v) is 5.90. The average molecular weight is 337 g/mol. The van der Waals surface area contributed by atoms with Crippen LogP contribution in [0.1, 0.15) is 5.56 Å². The number of halogens is 1. The molecule has 0 heterocycles. The minimum absolute atomic E-state index is 0.0171. The molecule has 22 heavy (non-hydrogen) atoms. The number of nitrogens with zero attached hydrogens (tertiary/aromatic N) is 1. The van der Waals surface area contributed by atoms with Crippen molar-refractivity contribution >= 4 is 40.6 Å². The van der Waals surface area contributed by atoms with Gasteiger partial charge < -0.3 is 5.32 Å². The van der Waals surface area contributed by atoms with Gasteiger partial charge in [0.25, 0.3) is 5.69 Å². The van der Waals surface area contributed by atoms with Gasteiger partial charge in [-0.1, -0.05) is 29.8 Å². The van der Waals surface area contributed by atoms with Crippen molar-refractivity contribution in [2.45, 2.75) is 11.8 Å². The molecule has 2 aromatic rings. The molecular weight excluding hydrogens is 324 g/mol. The summed E-state index contributed by atoms with van der Waals surface area (Å²) in [5, 5.41) is 14.2. The molecule has 0 aliphatic carbocycles. The zero-order valence-corrected chi connectivity index (χ0v) is 13.3. The lowest BCUT2D eigenvalue weighted by Gasteiger charge is -2.09. The first kappa shape index (κ1) is 16.3. The van der Waals surface area contributed by atoms with E-state index in [4.69, 9.17) is 11.6 Å². The second kappa shape index (κ2) is 7.29. The first-order valence-electron chi connectivity index (χ1n) is 6.40. The fourth-order valence-electron chi connectivity index (χ4n) is 1.85. The summed E-state index contributed by atoms with van der Waals surface area (Å²) < 4.78 is 0. The van der Waals surface area contributed by atoms with Crippen LogP contribution in [0, 0.1) is 17.0 Å². The molecule has 0 atom stereocenters. The number of amides is 1. The SMILES string of the molecule is Cc1c(NC(=O)CSc2ccccc2Cl)cccc1[N+](=O)[O-]. The van der Waals surface area contributed by atoms with Crippen LogP contribution in [0.25, 0.3) is 0 Å². The third-order valence-corrected chi connectivity index (χ3v) is 4.49. The Morgan fingerprint density at radius 2 is 2.00 bits per heavy atom. The minimum atomic E-state index is -0.469. The van der Waals surface area contributed by atoms with Crippen LogP contribution in [0.2, 0.25) is 5.02 Å². The number of carbonyl (C=O) groups is 1.